The topological polar surface area (TPSA) is 49.9 Å². The second-order valence-corrected chi connectivity index (χ2v) is 8.54. The van der Waals surface area contributed by atoms with Crippen LogP contribution in [0, 0.1) is 11.6 Å². The number of rotatable bonds is 5. The SMILES string of the molecule is CN1OC[C@@H](S(=O)(=O)N(C)Cc2ccccc2)[C@@H]1c1ccc(F)cc1F. The van der Waals surface area contributed by atoms with Crippen molar-refractivity contribution in [3.8, 4) is 0 Å². The second-order valence-electron chi connectivity index (χ2n) is 6.28. The fourth-order valence-corrected chi connectivity index (χ4v) is 4.81. The van der Waals surface area contributed by atoms with Crippen LogP contribution >= 0.6 is 0 Å². The van der Waals surface area contributed by atoms with E-state index in [1.807, 2.05) is 30.3 Å². The standard InChI is InChI=1S/C18H20F2N2O3S/c1-21(11-13-6-4-3-5-7-13)26(23,24)17-12-25-22(2)18(17)15-9-8-14(19)10-16(15)20/h3-10,17-18H,11-12H2,1-2H3/t17-,18+/m1/s1. The molecule has 1 saturated heterocycles. The molecule has 0 saturated carbocycles. The molecule has 0 aromatic heterocycles. The maximum absolute atomic E-state index is 14.3. The van der Waals surface area contributed by atoms with Gasteiger partial charge < -0.3 is 0 Å². The van der Waals surface area contributed by atoms with Gasteiger partial charge in [-0.05, 0) is 11.6 Å². The van der Waals surface area contributed by atoms with Crippen LogP contribution in [0.3, 0.4) is 0 Å². The zero-order valence-electron chi connectivity index (χ0n) is 14.5. The van der Waals surface area contributed by atoms with Crippen LogP contribution in [0.5, 0.6) is 0 Å². The fourth-order valence-electron chi connectivity index (χ4n) is 3.14. The highest BCUT2D eigenvalue weighted by atomic mass is 32.2. The van der Waals surface area contributed by atoms with Crippen molar-refractivity contribution in [1.82, 2.24) is 9.37 Å². The summed E-state index contributed by atoms with van der Waals surface area (Å²) in [4.78, 5) is 5.37. The molecule has 1 fully saturated rings. The third-order valence-corrected chi connectivity index (χ3v) is 6.69. The molecule has 1 aliphatic rings. The van der Waals surface area contributed by atoms with Gasteiger partial charge in [0.1, 0.15) is 16.9 Å². The van der Waals surface area contributed by atoms with Crippen LogP contribution < -0.4 is 0 Å². The van der Waals surface area contributed by atoms with Gasteiger partial charge in [-0.25, -0.2) is 21.5 Å². The number of nitrogens with zero attached hydrogens (tertiary/aromatic N) is 2. The lowest BCUT2D eigenvalue weighted by Crippen LogP contribution is -2.40. The molecule has 2 aromatic carbocycles. The Morgan fingerprint density at radius 2 is 1.88 bits per heavy atom. The third kappa shape index (κ3) is 3.64. The van der Waals surface area contributed by atoms with E-state index in [2.05, 4.69) is 0 Å². The van der Waals surface area contributed by atoms with Gasteiger partial charge in [0.05, 0.1) is 12.6 Å². The largest absolute Gasteiger partial charge is 0.297 e. The summed E-state index contributed by atoms with van der Waals surface area (Å²) in [5.41, 5.74) is 0.934. The zero-order chi connectivity index (χ0) is 18.9. The van der Waals surface area contributed by atoms with Crippen LogP contribution in [-0.4, -0.2) is 43.7 Å². The predicted octanol–water partition coefficient (Wildman–Crippen LogP) is 2.71. The van der Waals surface area contributed by atoms with Crippen LogP contribution in [-0.2, 0) is 21.4 Å². The highest BCUT2D eigenvalue weighted by molar-refractivity contribution is 7.89. The first-order valence-corrected chi connectivity index (χ1v) is 9.61. The molecule has 26 heavy (non-hydrogen) atoms. The number of hydroxylamine groups is 2. The number of halogens is 2. The van der Waals surface area contributed by atoms with Crippen molar-refractivity contribution in [1.29, 1.82) is 0 Å². The predicted molar refractivity (Wildman–Crippen MR) is 93.4 cm³/mol. The summed E-state index contributed by atoms with van der Waals surface area (Å²) in [7, 11) is -0.761. The molecule has 1 heterocycles. The van der Waals surface area contributed by atoms with Gasteiger partial charge in [0.25, 0.3) is 0 Å². The molecular formula is C18H20F2N2O3S. The molecule has 0 bridgehead atoms. The van der Waals surface area contributed by atoms with Crippen LogP contribution in [0.2, 0.25) is 0 Å². The molecule has 3 rings (SSSR count). The van der Waals surface area contributed by atoms with E-state index in [9.17, 15) is 17.2 Å². The number of hydrogen-bond donors (Lipinski definition) is 0. The van der Waals surface area contributed by atoms with Crippen molar-refractivity contribution in [2.75, 3.05) is 20.7 Å². The van der Waals surface area contributed by atoms with Gasteiger partial charge in [0.15, 0.2) is 0 Å². The van der Waals surface area contributed by atoms with E-state index in [-0.39, 0.29) is 18.7 Å². The van der Waals surface area contributed by atoms with Gasteiger partial charge in [-0.1, -0.05) is 36.4 Å². The maximum atomic E-state index is 14.3. The molecule has 0 radical (unpaired) electrons. The van der Waals surface area contributed by atoms with Crippen molar-refractivity contribution in [3.05, 3.63) is 71.3 Å². The van der Waals surface area contributed by atoms with Crippen molar-refractivity contribution in [2.24, 2.45) is 0 Å². The summed E-state index contributed by atoms with van der Waals surface area (Å²) < 4.78 is 54.9. The minimum atomic E-state index is -3.79. The van der Waals surface area contributed by atoms with Gasteiger partial charge in [-0.3, -0.25) is 4.84 Å². The number of benzene rings is 2. The maximum Gasteiger partial charge on any atom is 0.221 e. The smallest absolute Gasteiger partial charge is 0.221 e. The Morgan fingerprint density at radius 3 is 2.54 bits per heavy atom. The lowest BCUT2D eigenvalue weighted by Gasteiger charge is -2.27. The molecule has 0 aliphatic carbocycles. The van der Waals surface area contributed by atoms with E-state index in [1.54, 1.807) is 7.05 Å². The molecule has 0 unspecified atom stereocenters. The van der Waals surface area contributed by atoms with Gasteiger partial charge in [-0.15, -0.1) is 0 Å². The van der Waals surface area contributed by atoms with Crippen LogP contribution in [0.1, 0.15) is 17.2 Å². The van der Waals surface area contributed by atoms with E-state index >= 15 is 0 Å². The molecule has 0 amide bonds. The first-order chi connectivity index (χ1) is 12.3. The monoisotopic (exact) mass is 382 g/mol. The Morgan fingerprint density at radius 1 is 1.19 bits per heavy atom. The average molecular weight is 382 g/mol. The van der Waals surface area contributed by atoms with Gasteiger partial charge in [-0.2, -0.15) is 5.06 Å². The van der Waals surface area contributed by atoms with Crippen LogP contribution in [0.15, 0.2) is 48.5 Å². The lowest BCUT2D eigenvalue weighted by molar-refractivity contribution is -0.111. The van der Waals surface area contributed by atoms with Crippen LogP contribution in [0.25, 0.3) is 0 Å². The minimum Gasteiger partial charge on any atom is -0.297 e. The Kier molecular flexibility index (Phi) is 5.38. The molecule has 2 aromatic rings. The van der Waals surface area contributed by atoms with Crippen molar-refractivity contribution >= 4 is 10.0 Å². The summed E-state index contributed by atoms with van der Waals surface area (Å²) in [6.45, 7) is 0.0987. The van der Waals surface area contributed by atoms with E-state index in [0.717, 1.165) is 17.7 Å². The summed E-state index contributed by atoms with van der Waals surface area (Å²) in [5.74, 6) is -1.51. The molecule has 0 spiro atoms. The van der Waals surface area contributed by atoms with E-state index < -0.39 is 32.9 Å². The average Bonchev–Trinajstić information content (AvgIpc) is 2.98. The molecule has 0 N–H and O–H groups in total. The fraction of sp³-hybridized carbons (Fsp3) is 0.333. The van der Waals surface area contributed by atoms with Gasteiger partial charge >= 0.3 is 0 Å². The highest BCUT2D eigenvalue weighted by Crippen LogP contribution is 2.36. The summed E-state index contributed by atoms with van der Waals surface area (Å²) in [6.07, 6.45) is 0. The van der Waals surface area contributed by atoms with E-state index in [1.165, 1.54) is 22.5 Å². The number of sulfonamides is 1. The molecule has 1 aliphatic heterocycles. The minimum absolute atomic E-state index is 0.0908. The van der Waals surface area contributed by atoms with Gasteiger partial charge in [0.2, 0.25) is 10.0 Å². The Hall–Kier alpha value is -1.87. The Bertz CT molecular complexity index is 877. The van der Waals surface area contributed by atoms with Crippen molar-refractivity contribution < 1.29 is 22.0 Å². The first kappa shape index (κ1) is 18.9. The molecular weight excluding hydrogens is 362 g/mol. The van der Waals surface area contributed by atoms with Crippen molar-refractivity contribution in [2.45, 2.75) is 17.8 Å². The normalized spacial score (nSPS) is 21.4. The van der Waals surface area contributed by atoms with Gasteiger partial charge in [0, 0.05) is 32.3 Å². The zero-order valence-corrected chi connectivity index (χ0v) is 15.3. The Labute approximate surface area is 151 Å². The van der Waals surface area contributed by atoms with E-state index in [4.69, 9.17) is 4.84 Å². The molecule has 8 heteroatoms. The lowest BCUT2D eigenvalue weighted by atomic mass is 10.0. The highest BCUT2D eigenvalue weighted by Gasteiger charge is 2.45. The van der Waals surface area contributed by atoms with Crippen molar-refractivity contribution in [3.63, 3.8) is 0 Å². The molecule has 5 nitrogen and oxygen atoms in total. The Balaban J connectivity index is 1.90. The summed E-state index contributed by atoms with van der Waals surface area (Å²) in [5, 5.41) is 0.315. The quantitative estimate of drug-likeness (QED) is 0.798. The summed E-state index contributed by atoms with van der Waals surface area (Å²) in [6, 6.07) is 11.4. The first-order valence-electron chi connectivity index (χ1n) is 8.10. The third-order valence-electron chi connectivity index (χ3n) is 4.53. The molecule has 2 atom stereocenters. The van der Waals surface area contributed by atoms with Crippen LogP contribution in [0.4, 0.5) is 8.78 Å². The van der Waals surface area contributed by atoms with E-state index in [0.29, 0.717) is 0 Å². The number of hydrogen-bond acceptors (Lipinski definition) is 4. The molecule has 140 valence electrons. The second kappa shape index (κ2) is 7.40. The summed E-state index contributed by atoms with van der Waals surface area (Å²) >= 11 is 0.